The lowest BCUT2D eigenvalue weighted by molar-refractivity contribution is 0.0206. The van der Waals surface area contributed by atoms with E-state index in [2.05, 4.69) is 5.32 Å². The van der Waals surface area contributed by atoms with Crippen molar-refractivity contribution >= 4 is 21.6 Å². The third-order valence-electron chi connectivity index (χ3n) is 3.37. The summed E-state index contributed by atoms with van der Waals surface area (Å²) in [7, 11) is -1.99. The average molecular weight is 319 g/mol. The van der Waals surface area contributed by atoms with E-state index >= 15 is 0 Å². The molecule has 1 aromatic carbocycles. The minimum absolute atomic E-state index is 0.122. The first-order chi connectivity index (χ1) is 9.43. The van der Waals surface area contributed by atoms with Gasteiger partial charge in [0.05, 0.1) is 17.6 Å². The molecule has 1 saturated heterocycles. The second-order valence-electron chi connectivity index (χ2n) is 4.85. The highest BCUT2D eigenvalue weighted by atomic mass is 35.5. The van der Waals surface area contributed by atoms with Crippen LogP contribution in [0, 0.1) is 6.92 Å². The van der Waals surface area contributed by atoms with Crippen LogP contribution in [0.15, 0.2) is 23.1 Å². The van der Waals surface area contributed by atoms with E-state index in [1.807, 2.05) is 0 Å². The molecule has 1 aliphatic heterocycles. The summed E-state index contributed by atoms with van der Waals surface area (Å²) in [5.74, 6) is 0. The van der Waals surface area contributed by atoms with Crippen molar-refractivity contribution < 1.29 is 13.2 Å². The third kappa shape index (κ3) is 3.32. The maximum atomic E-state index is 12.6. The van der Waals surface area contributed by atoms with Crippen LogP contribution in [0.2, 0.25) is 5.02 Å². The van der Waals surface area contributed by atoms with Crippen molar-refractivity contribution in [3.63, 3.8) is 0 Å². The molecule has 0 spiro atoms. The van der Waals surface area contributed by atoms with E-state index in [1.54, 1.807) is 32.2 Å². The van der Waals surface area contributed by atoms with E-state index in [9.17, 15) is 8.42 Å². The number of likely N-dealkylation sites (N-methyl/N-ethyl adjacent to an activating group) is 1. The van der Waals surface area contributed by atoms with Gasteiger partial charge in [0.15, 0.2) is 0 Å². The standard InChI is InChI=1S/C13H19ClN2O3S/c1-10-12(14)4-3-5-13(10)20(17,18)16(2)9-11-8-15-6-7-19-11/h3-5,11,15H,6-9H2,1-2H3. The number of rotatable bonds is 4. The van der Waals surface area contributed by atoms with Crippen LogP contribution in [0.4, 0.5) is 0 Å². The first-order valence-corrected chi connectivity index (χ1v) is 8.28. The van der Waals surface area contributed by atoms with Crippen LogP contribution in [0.5, 0.6) is 0 Å². The van der Waals surface area contributed by atoms with E-state index in [1.165, 1.54) is 4.31 Å². The molecule has 1 aromatic rings. The molecular weight excluding hydrogens is 300 g/mol. The SMILES string of the molecule is Cc1c(Cl)cccc1S(=O)(=O)N(C)CC1CNCCO1. The van der Waals surface area contributed by atoms with E-state index in [-0.39, 0.29) is 11.0 Å². The number of hydrogen-bond donors (Lipinski definition) is 1. The molecular formula is C13H19ClN2O3S. The van der Waals surface area contributed by atoms with E-state index in [0.29, 0.717) is 30.3 Å². The summed E-state index contributed by atoms with van der Waals surface area (Å²) in [6.45, 7) is 4.10. The normalized spacial score (nSPS) is 20.3. The molecule has 0 aromatic heterocycles. The van der Waals surface area contributed by atoms with Crippen LogP contribution in [0.1, 0.15) is 5.56 Å². The molecule has 20 heavy (non-hydrogen) atoms. The highest BCUT2D eigenvalue weighted by molar-refractivity contribution is 7.89. The van der Waals surface area contributed by atoms with Crippen LogP contribution >= 0.6 is 11.6 Å². The Labute approximate surface area is 124 Å². The van der Waals surface area contributed by atoms with E-state index in [0.717, 1.165) is 6.54 Å². The van der Waals surface area contributed by atoms with Crippen LogP contribution < -0.4 is 5.32 Å². The predicted molar refractivity (Wildman–Crippen MR) is 78.6 cm³/mol. The molecule has 0 saturated carbocycles. The highest BCUT2D eigenvalue weighted by Gasteiger charge is 2.26. The lowest BCUT2D eigenvalue weighted by Gasteiger charge is -2.28. The largest absolute Gasteiger partial charge is 0.374 e. The number of halogens is 1. The minimum Gasteiger partial charge on any atom is -0.374 e. The summed E-state index contributed by atoms with van der Waals surface area (Å²) in [6.07, 6.45) is -0.122. The second-order valence-corrected chi connectivity index (χ2v) is 7.27. The van der Waals surface area contributed by atoms with Crippen LogP contribution in [0.3, 0.4) is 0 Å². The van der Waals surface area contributed by atoms with Gasteiger partial charge in [0.1, 0.15) is 0 Å². The molecule has 0 radical (unpaired) electrons. The lowest BCUT2D eigenvalue weighted by Crippen LogP contribution is -2.45. The fraction of sp³-hybridized carbons (Fsp3) is 0.538. The molecule has 1 atom stereocenters. The number of sulfonamides is 1. The lowest BCUT2D eigenvalue weighted by atomic mass is 10.2. The molecule has 5 nitrogen and oxygen atoms in total. The van der Waals surface area contributed by atoms with Crippen molar-refractivity contribution in [2.75, 3.05) is 33.3 Å². The van der Waals surface area contributed by atoms with Gasteiger partial charge < -0.3 is 10.1 Å². The van der Waals surface area contributed by atoms with Crippen molar-refractivity contribution in [2.45, 2.75) is 17.9 Å². The molecule has 1 unspecified atom stereocenters. The van der Waals surface area contributed by atoms with Crippen molar-refractivity contribution in [1.29, 1.82) is 0 Å². The van der Waals surface area contributed by atoms with Gasteiger partial charge in [-0.05, 0) is 24.6 Å². The minimum atomic E-state index is -3.55. The molecule has 1 heterocycles. The Morgan fingerprint density at radius 3 is 2.90 bits per heavy atom. The summed E-state index contributed by atoms with van der Waals surface area (Å²) in [6, 6.07) is 4.91. The average Bonchev–Trinajstić information content (AvgIpc) is 2.42. The number of nitrogens with zero attached hydrogens (tertiary/aromatic N) is 1. The quantitative estimate of drug-likeness (QED) is 0.908. The van der Waals surface area contributed by atoms with Gasteiger partial charge in [-0.15, -0.1) is 0 Å². The van der Waals surface area contributed by atoms with Gasteiger partial charge in [0.2, 0.25) is 10.0 Å². The Balaban J connectivity index is 2.18. The fourth-order valence-corrected chi connectivity index (χ4v) is 3.83. The zero-order valence-corrected chi connectivity index (χ0v) is 13.2. The molecule has 0 aliphatic carbocycles. The molecule has 0 bridgehead atoms. The maximum Gasteiger partial charge on any atom is 0.243 e. The Kier molecular flexibility index (Phi) is 5.04. The number of ether oxygens (including phenoxy) is 1. The molecule has 2 rings (SSSR count). The molecule has 1 fully saturated rings. The molecule has 1 N–H and O–H groups in total. The first-order valence-electron chi connectivity index (χ1n) is 6.46. The van der Waals surface area contributed by atoms with Crippen molar-refractivity contribution in [1.82, 2.24) is 9.62 Å². The highest BCUT2D eigenvalue weighted by Crippen LogP contribution is 2.25. The van der Waals surface area contributed by atoms with E-state index in [4.69, 9.17) is 16.3 Å². The molecule has 7 heteroatoms. The molecule has 112 valence electrons. The fourth-order valence-electron chi connectivity index (χ4n) is 2.16. The maximum absolute atomic E-state index is 12.6. The second kappa shape index (κ2) is 6.41. The van der Waals surface area contributed by atoms with Gasteiger partial charge in [-0.3, -0.25) is 0 Å². The Hall–Kier alpha value is -0.660. The topological polar surface area (TPSA) is 58.6 Å². The number of hydrogen-bond acceptors (Lipinski definition) is 4. The first kappa shape index (κ1) is 15.7. The van der Waals surface area contributed by atoms with Gasteiger partial charge >= 0.3 is 0 Å². The summed E-state index contributed by atoms with van der Waals surface area (Å²) < 4.78 is 32.0. The Morgan fingerprint density at radius 2 is 2.25 bits per heavy atom. The monoisotopic (exact) mass is 318 g/mol. The third-order valence-corrected chi connectivity index (χ3v) is 5.75. The molecule has 1 aliphatic rings. The van der Waals surface area contributed by atoms with Crippen molar-refractivity contribution in [2.24, 2.45) is 0 Å². The van der Waals surface area contributed by atoms with Gasteiger partial charge in [-0.25, -0.2) is 8.42 Å². The molecule has 0 amide bonds. The van der Waals surface area contributed by atoms with Gasteiger partial charge in [-0.2, -0.15) is 4.31 Å². The summed E-state index contributed by atoms with van der Waals surface area (Å²) in [4.78, 5) is 0.247. The number of morpholine rings is 1. The summed E-state index contributed by atoms with van der Waals surface area (Å²) in [5, 5.41) is 3.64. The van der Waals surface area contributed by atoms with Crippen molar-refractivity contribution in [3.8, 4) is 0 Å². The predicted octanol–water partition coefficient (Wildman–Crippen LogP) is 1.26. The Morgan fingerprint density at radius 1 is 1.50 bits per heavy atom. The zero-order valence-electron chi connectivity index (χ0n) is 11.6. The smallest absolute Gasteiger partial charge is 0.243 e. The number of benzene rings is 1. The van der Waals surface area contributed by atoms with Crippen molar-refractivity contribution in [3.05, 3.63) is 28.8 Å². The van der Waals surface area contributed by atoms with E-state index < -0.39 is 10.0 Å². The Bertz CT molecular complexity index is 571. The summed E-state index contributed by atoms with van der Waals surface area (Å²) >= 11 is 6.00. The zero-order chi connectivity index (χ0) is 14.8. The van der Waals surface area contributed by atoms with Gasteiger partial charge in [0, 0.05) is 31.7 Å². The van der Waals surface area contributed by atoms with Crippen LogP contribution in [-0.2, 0) is 14.8 Å². The van der Waals surface area contributed by atoms with Crippen LogP contribution in [0.25, 0.3) is 0 Å². The van der Waals surface area contributed by atoms with Crippen LogP contribution in [-0.4, -0.2) is 52.1 Å². The van der Waals surface area contributed by atoms with Gasteiger partial charge in [0.25, 0.3) is 0 Å². The number of nitrogens with one attached hydrogen (secondary N) is 1. The summed E-state index contributed by atoms with van der Waals surface area (Å²) in [5.41, 5.74) is 0.573. The van der Waals surface area contributed by atoms with Gasteiger partial charge in [-0.1, -0.05) is 17.7 Å².